The van der Waals surface area contributed by atoms with Crippen LogP contribution in [0.5, 0.6) is 0 Å². The Morgan fingerprint density at radius 1 is 1.22 bits per heavy atom. The summed E-state index contributed by atoms with van der Waals surface area (Å²) in [6.45, 7) is 0.666. The number of anilines is 1. The van der Waals surface area contributed by atoms with Crippen LogP contribution in [0.1, 0.15) is 19.3 Å². The fraction of sp³-hybridized carbons (Fsp3) is 0.417. The number of halogens is 3. The zero-order valence-electron chi connectivity index (χ0n) is 9.60. The molecule has 1 aliphatic carbocycles. The first-order valence-corrected chi connectivity index (χ1v) is 6.87. The van der Waals surface area contributed by atoms with Crippen LogP contribution in [-0.4, -0.2) is 18.5 Å². The summed E-state index contributed by atoms with van der Waals surface area (Å²) in [5.74, 6) is -0.116. The molecule has 6 heteroatoms. The van der Waals surface area contributed by atoms with Crippen molar-refractivity contribution < 1.29 is 4.79 Å². The highest BCUT2D eigenvalue weighted by atomic mass is 35.5. The van der Waals surface area contributed by atoms with Crippen molar-refractivity contribution in [2.75, 3.05) is 11.9 Å². The molecule has 1 aliphatic rings. The van der Waals surface area contributed by atoms with E-state index in [2.05, 4.69) is 10.6 Å². The highest BCUT2D eigenvalue weighted by molar-refractivity contribution is 6.42. The minimum atomic E-state index is -0.116. The van der Waals surface area contributed by atoms with E-state index in [1.165, 1.54) is 12.8 Å². The Morgan fingerprint density at radius 3 is 2.39 bits per heavy atom. The van der Waals surface area contributed by atoms with Crippen molar-refractivity contribution in [2.24, 2.45) is 0 Å². The molecule has 0 saturated heterocycles. The molecular weight excluding hydrogens is 295 g/mol. The van der Waals surface area contributed by atoms with Gasteiger partial charge in [-0.05, 0) is 25.0 Å². The average Bonchev–Trinajstić information content (AvgIpc) is 3.07. The summed E-state index contributed by atoms with van der Waals surface area (Å²) in [5, 5.41) is 7.09. The summed E-state index contributed by atoms with van der Waals surface area (Å²) in [6.07, 6.45) is 2.80. The van der Waals surface area contributed by atoms with Crippen molar-refractivity contribution in [3.63, 3.8) is 0 Å². The second kappa shape index (κ2) is 6.11. The third-order valence-electron chi connectivity index (χ3n) is 2.63. The first-order chi connectivity index (χ1) is 8.56. The molecule has 2 rings (SSSR count). The van der Waals surface area contributed by atoms with Gasteiger partial charge in [-0.15, -0.1) is 0 Å². The molecule has 0 heterocycles. The first-order valence-electron chi connectivity index (χ1n) is 5.74. The summed E-state index contributed by atoms with van der Waals surface area (Å²) in [7, 11) is 0. The predicted octanol–water partition coefficient (Wildman–Crippen LogP) is 3.73. The van der Waals surface area contributed by atoms with Crippen molar-refractivity contribution in [2.45, 2.75) is 25.3 Å². The second-order valence-corrected chi connectivity index (χ2v) is 5.52. The van der Waals surface area contributed by atoms with E-state index in [-0.39, 0.29) is 5.91 Å². The van der Waals surface area contributed by atoms with Crippen LogP contribution in [0.25, 0.3) is 0 Å². The van der Waals surface area contributed by atoms with E-state index >= 15 is 0 Å². The van der Waals surface area contributed by atoms with Gasteiger partial charge in [-0.2, -0.15) is 0 Å². The summed E-state index contributed by atoms with van der Waals surface area (Å²) < 4.78 is 0. The van der Waals surface area contributed by atoms with Gasteiger partial charge in [0.05, 0.1) is 15.7 Å². The van der Waals surface area contributed by atoms with Crippen LogP contribution in [0.3, 0.4) is 0 Å². The normalized spacial score (nSPS) is 14.6. The van der Waals surface area contributed by atoms with E-state index < -0.39 is 0 Å². The van der Waals surface area contributed by atoms with Gasteiger partial charge >= 0.3 is 0 Å². The number of nitrogens with one attached hydrogen (secondary N) is 2. The van der Waals surface area contributed by atoms with Gasteiger partial charge in [-0.3, -0.25) is 4.79 Å². The number of benzene rings is 1. The van der Waals surface area contributed by atoms with Crippen molar-refractivity contribution in [3.05, 3.63) is 27.2 Å². The number of carbonyl (C=O) groups is 1. The average molecular weight is 308 g/mol. The van der Waals surface area contributed by atoms with Gasteiger partial charge < -0.3 is 10.6 Å². The molecule has 3 nitrogen and oxygen atoms in total. The van der Waals surface area contributed by atoms with Gasteiger partial charge in [-0.25, -0.2) is 0 Å². The Kier molecular flexibility index (Phi) is 4.73. The van der Waals surface area contributed by atoms with Gasteiger partial charge in [0.2, 0.25) is 5.91 Å². The molecule has 0 atom stereocenters. The van der Waals surface area contributed by atoms with Crippen LogP contribution >= 0.6 is 34.8 Å². The molecule has 0 unspecified atom stereocenters. The minimum absolute atomic E-state index is 0.116. The lowest BCUT2D eigenvalue weighted by Crippen LogP contribution is -2.23. The van der Waals surface area contributed by atoms with E-state index in [0.29, 0.717) is 39.8 Å². The topological polar surface area (TPSA) is 41.1 Å². The van der Waals surface area contributed by atoms with Crippen LogP contribution < -0.4 is 10.6 Å². The molecule has 1 aromatic carbocycles. The Morgan fingerprint density at radius 2 is 1.83 bits per heavy atom. The fourth-order valence-corrected chi connectivity index (χ4v) is 2.45. The molecule has 1 aromatic rings. The quantitative estimate of drug-likeness (QED) is 0.870. The maximum atomic E-state index is 11.7. The third-order valence-corrected chi connectivity index (χ3v) is 3.45. The van der Waals surface area contributed by atoms with Crippen molar-refractivity contribution >= 4 is 46.4 Å². The fourth-order valence-electron chi connectivity index (χ4n) is 1.54. The Balaban J connectivity index is 1.89. The third kappa shape index (κ3) is 4.02. The van der Waals surface area contributed by atoms with Crippen molar-refractivity contribution in [1.82, 2.24) is 5.32 Å². The monoisotopic (exact) mass is 306 g/mol. The zero-order valence-corrected chi connectivity index (χ0v) is 11.9. The predicted molar refractivity (Wildman–Crippen MR) is 75.7 cm³/mol. The van der Waals surface area contributed by atoms with Gasteiger partial charge in [-0.1, -0.05) is 34.8 Å². The molecule has 1 saturated carbocycles. The molecule has 2 N–H and O–H groups in total. The smallest absolute Gasteiger partial charge is 0.225 e. The number of rotatable bonds is 5. The van der Waals surface area contributed by atoms with Gasteiger partial charge in [0.25, 0.3) is 0 Å². The van der Waals surface area contributed by atoms with Gasteiger partial charge in [0, 0.05) is 24.0 Å². The molecular formula is C12H13Cl3N2O. The van der Waals surface area contributed by atoms with Crippen LogP contribution in [0.15, 0.2) is 12.1 Å². The Labute approximate surface area is 121 Å². The first kappa shape index (κ1) is 13.9. The standard InChI is InChI=1S/C12H13Cl3N2O/c13-7-5-9(14)12(10(15)6-7)17-11(18)3-4-16-8-1-2-8/h5-6,8,16H,1-4H2,(H,17,18). The SMILES string of the molecule is O=C(CCNC1CC1)Nc1c(Cl)cc(Cl)cc1Cl. The molecule has 0 aromatic heterocycles. The van der Waals surface area contributed by atoms with Gasteiger partial charge in [0.15, 0.2) is 0 Å². The van der Waals surface area contributed by atoms with Crippen LogP contribution in [0, 0.1) is 0 Å². The zero-order chi connectivity index (χ0) is 13.1. The van der Waals surface area contributed by atoms with E-state index in [0.717, 1.165) is 0 Å². The van der Waals surface area contributed by atoms with Crippen molar-refractivity contribution in [3.8, 4) is 0 Å². The maximum absolute atomic E-state index is 11.7. The van der Waals surface area contributed by atoms with Crippen LogP contribution in [-0.2, 0) is 4.79 Å². The molecule has 0 bridgehead atoms. The molecule has 1 fully saturated rings. The largest absolute Gasteiger partial charge is 0.324 e. The lowest BCUT2D eigenvalue weighted by atomic mass is 10.3. The van der Waals surface area contributed by atoms with E-state index in [1.807, 2.05) is 0 Å². The number of hydrogen-bond donors (Lipinski definition) is 2. The highest BCUT2D eigenvalue weighted by Crippen LogP contribution is 2.33. The number of amides is 1. The Hall–Kier alpha value is -0.480. The number of hydrogen-bond acceptors (Lipinski definition) is 2. The van der Waals surface area contributed by atoms with Crippen LogP contribution in [0.2, 0.25) is 15.1 Å². The molecule has 98 valence electrons. The highest BCUT2D eigenvalue weighted by Gasteiger charge is 2.20. The Bertz CT molecular complexity index is 438. The van der Waals surface area contributed by atoms with Crippen molar-refractivity contribution in [1.29, 1.82) is 0 Å². The van der Waals surface area contributed by atoms with Gasteiger partial charge in [0.1, 0.15) is 0 Å². The molecule has 18 heavy (non-hydrogen) atoms. The molecule has 0 spiro atoms. The summed E-state index contributed by atoms with van der Waals surface area (Å²) >= 11 is 17.7. The maximum Gasteiger partial charge on any atom is 0.225 e. The summed E-state index contributed by atoms with van der Waals surface area (Å²) in [6, 6.07) is 3.70. The summed E-state index contributed by atoms with van der Waals surface area (Å²) in [5.41, 5.74) is 0.416. The minimum Gasteiger partial charge on any atom is -0.324 e. The lowest BCUT2D eigenvalue weighted by Gasteiger charge is -2.10. The number of carbonyl (C=O) groups excluding carboxylic acids is 1. The van der Waals surface area contributed by atoms with E-state index in [1.54, 1.807) is 12.1 Å². The molecule has 0 aliphatic heterocycles. The summed E-state index contributed by atoms with van der Waals surface area (Å²) in [4.78, 5) is 11.7. The van der Waals surface area contributed by atoms with E-state index in [9.17, 15) is 4.79 Å². The lowest BCUT2D eigenvalue weighted by molar-refractivity contribution is -0.116. The van der Waals surface area contributed by atoms with Crippen LogP contribution in [0.4, 0.5) is 5.69 Å². The second-order valence-electron chi connectivity index (χ2n) is 4.27. The molecule has 1 amide bonds. The molecule has 0 radical (unpaired) electrons. The van der Waals surface area contributed by atoms with E-state index in [4.69, 9.17) is 34.8 Å².